The molecule has 0 spiro atoms. The average Bonchev–Trinajstić information content (AvgIpc) is 2.46. The van der Waals surface area contributed by atoms with Gasteiger partial charge in [-0.1, -0.05) is 6.07 Å². The molecule has 0 bridgehead atoms. The fourth-order valence-electron chi connectivity index (χ4n) is 2.21. The summed E-state index contributed by atoms with van der Waals surface area (Å²) >= 11 is 0. The molecule has 1 N–H and O–H groups in total. The monoisotopic (exact) mass is 297 g/mol. The minimum atomic E-state index is -3.16. The summed E-state index contributed by atoms with van der Waals surface area (Å²) in [5.41, 5.74) is 1.50. The normalized spacial score (nSPS) is 17.0. The van der Waals surface area contributed by atoms with Crippen molar-refractivity contribution in [2.24, 2.45) is 0 Å². The Hall–Kier alpha value is -1.60. The fraction of sp³-hybridized carbons (Fsp3) is 0.462. The van der Waals surface area contributed by atoms with Crippen molar-refractivity contribution in [2.45, 2.75) is 0 Å². The van der Waals surface area contributed by atoms with E-state index in [9.17, 15) is 13.2 Å². The number of piperazine rings is 1. The summed E-state index contributed by atoms with van der Waals surface area (Å²) in [5.74, 6) is -0.0600. The van der Waals surface area contributed by atoms with Gasteiger partial charge in [0.1, 0.15) is 0 Å². The Balaban J connectivity index is 2.05. The predicted molar refractivity (Wildman–Crippen MR) is 78.3 cm³/mol. The first-order valence-corrected chi connectivity index (χ1v) is 8.29. The van der Waals surface area contributed by atoms with Crippen LogP contribution in [0.25, 0.3) is 0 Å². The lowest BCUT2D eigenvalue weighted by Crippen LogP contribution is -2.50. The Bertz CT molecular complexity index is 593. The molecule has 1 fully saturated rings. The molecule has 1 aliphatic heterocycles. The van der Waals surface area contributed by atoms with Crippen molar-refractivity contribution >= 4 is 21.6 Å². The first kappa shape index (κ1) is 14.8. The largest absolute Gasteiger partial charge is 0.388 e. The van der Waals surface area contributed by atoms with Crippen LogP contribution in [0.15, 0.2) is 24.3 Å². The molecule has 0 aliphatic carbocycles. The van der Waals surface area contributed by atoms with Gasteiger partial charge in [-0.2, -0.15) is 4.31 Å². The first-order chi connectivity index (χ1) is 9.41. The van der Waals surface area contributed by atoms with E-state index in [1.54, 1.807) is 24.1 Å². The minimum absolute atomic E-state index is 0.0600. The summed E-state index contributed by atoms with van der Waals surface area (Å²) in [5, 5.41) is 2.99. The highest BCUT2D eigenvalue weighted by Crippen LogP contribution is 2.14. The molecular weight excluding hydrogens is 278 g/mol. The number of benzene rings is 1. The summed E-state index contributed by atoms with van der Waals surface area (Å²) in [4.78, 5) is 14.0. The Morgan fingerprint density at radius 3 is 2.40 bits per heavy atom. The Morgan fingerprint density at radius 1 is 1.20 bits per heavy atom. The van der Waals surface area contributed by atoms with Gasteiger partial charge >= 0.3 is 0 Å². The van der Waals surface area contributed by atoms with E-state index in [2.05, 4.69) is 5.32 Å². The van der Waals surface area contributed by atoms with E-state index in [1.165, 1.54) is 10.6 Å². The highest BCUT2D eigenvalue weighted by atomic mass is 32.2. The molecule has 7 heteroatoms. The van der Waals surface area contributed by atoms with Gasteiger partial charge in [-0.3, -0.25) is 4.79 Å². The molecule has 0 aromatic heterocycles. The van der Waals surface area contributed by atoms with E-state index in [0.717, 1.165) is 5.69 Å². The zero-order valence-corrected chi connectivity index (χ0v) is 12.5. The maximum Gasteiger partial charge on any atom is 0.254 e. The average molecular weight is 297 g/mol. The van der Waals surface area contributed by atoms with Crippen LogP contribution in [-0.2, 0) is 10.0 Å². The number of sulfonamides is 1. The summed E-state index contributed by atoms with van der Waals surface area (Å²) < 4.78 is 24.3. The number of carbonyl (C=O) groups is 1. The summed E-state index contributed by atoms with van der Waals surface area (Å²) in [7, 11) is -1.36. The molecule has 20 heavy (non-hydrogen) atoms. The van der Waals surface area contributed by atoms with Gasteiger partial charge in [-0.15, -0.1) is 0 Å². The third-order valence-electron chi connectivity index (χ3n) is 3.39. The molecular formula is C13H19N3O3S. The third kappa shape index (κ3) is 3.29. The van der Waals surface area contributed by atoms with E-state index in [-0.39, 0.29) is 5.91 Å². The number of hydrogen-bond acceptors (Lipinski definition) is 4. The Kier molecular flexibility index (Phi) is 4.29. The second-order valence-corrected chi connectivity index (χ2v) is 6.77. The van der Waals surface area contributed by atoms with Gasteiger partial charge in [0.25, 0.3) is 5.91 Å². The van der Waals surface area contributed by atoms with Crippen LogP contribution in [0.1, 0.15) is 10.4 Å². The Labute approximate surface area is 119 Å². The molecule has 1 aliphatic rings. The Morgan fingerprint density at radius 2 is 1.85 bits per heavy atom. The molecule has 1 aromatic carbocycles. The second-order valence-electron chi connectivity index (χ2n) is 4.79. The van der Waals surface area contributed by atoms with E-state index in [0.29, 0.717) is 31.7 Å². The van der Waals surface area contributed by atoms with Gasteiger partial charge in [0.2, 0.25) is 10.0 Å². The highest BCUT2D eigenvalue weighted by molar-refractivity contribution is 7.88. The van der Waals surface area contributed by atoms with Crippen molar-refractivity contribution in [3.63, 3.8) is 0 Å². The van der Waals surface area contributed by atoms with Crippen molar-refractivity contribution < 1.29 is 13.2 Å². The van der Waals surface area contributed by atoms with Gasteiger partial charge in [-0.25, -0.2) is 8.42 Å². The van der Waals surface area contributed by atoms with E-state index in [4.69, 9.17) is 0 Å². The number of nitrogens with one attached hydrogen (secondary N) is 1. The molecule has 6 nitrogen and oxygen atoms in total. The van der Waals surface area contributed by atoms with Crippen molar-refractivity contribution in [2.75, 3.05) is 44.8 Å². The van der Waals surface area contributed by atoms with Crippen LogP contribution in [0.2, 0.25) is 0 Å². The van der Waals surface area contributed by atoms with Crippen molar-refractivity contribution in [3.8, 4) is 0 Å². The zero-order valence-electron chi connectivity index (χ0n) is 11.7. The van der Waals surface area contributed by atoms with Crippen molar-refractivity contribution in [1.82, 2.24) is 9.21 Å². The number of hydrogen-bond donors (Lipinski definition) is 1. The molecule has 0 atom stereocenters. The van der Waals surface area contributed by atoms with Crippen LogP contribution in [0.3, 0.4) is 0 Å². The number of carbonyl (C=O) groups excluding carboxylic acids is 1. The topological polar surface area (TPSA) is 69.7 Å². The van der Waals surface area contributed by atoms with Crippen LogP contribution < -0.4 is 5.32 Å². The molecule has 0 saturated carbocycles. The van der Waals surface area contributed by atoms with Crippen molar-refractivity contribution in [1.29, 1.82) is 0 Å². The molecule has 1 saturated heterocycles. The van der Waals surface area contributed by atoms with Gasteiger partial charge in [0.15, 0.2) is 0 Å². The lowest BCUT2D eigenvalue weighted by Gasteiger charge is -2.33. The third-order valence-corrected chi connectivity index (χ3v) is 4.70. The lowest BCUT2D eigenvalue weighted by molar-refractivity contribution is 0.0698. The molecule has 0 unspecified atom stereocenters. The summed E-state index contributed by atoms with van der Waals surface area (Å²) in [6, 6.07) is 7.28. The van der Waals surface area contributed by atoms with Gasteiger partial charge in [0.05, 0.1) is 6.26 Å². The highest BCUT2D eigenvalue weighted by Gasteiger charge is 2.26. The van der Waals surface area contributed by atoms with E-state index >= 15 is 0 Å². The van der Waals surface area contributed by atoms with E-state index in [1.807, 2.05) is 12.1 Å². The fourth-order valence-corrected chi connectivity index (χ4v) is 3.04. The van der Waals surface area contributed by atoms with Gasteiger partial charge in [0, 0.05) is 44.5 Å². The maximum atomic E-state index is 12.4. The molecule has 1 aromatic rings. The predicted octanol–water partition coefficient (Wildman–Crippen LogP) is 0.446. The van der Waals surface area contributed by atoms with Crippen LogP contribution in [0, 0.1) is 0 Å². The smallest absolute Gasteiger partial charge is 0.254 e. The summed E-state index contributed by atoms with van der Waals surface area (Å²) in [6.07, 6.45) is 1.20. The molecule has 1 amide bonds. The maximum absolute atomic E-state index is 12.4. The van der Waals surface area contributed by atoms with Crippen LogP contribution in [-0.4, -0.2) is 63.0 Å². The van der Waals surface area contributed by atoms with Crippen molar-refractivity contribution in [3.05, 3.63) is 29.8 Å². The number of nitrogens with zero attached hydrogens (tertiary/aromatic N) is 2. The molecule has 0 radical (unpaired) electrons. The number of amides is 1. The number of anilines is 1. The molecule has 2 rings (SSSR count). The quantitative estimate of drug-likeness (QED) is 0.879. The molecule has 1 heterocycles. The SMILES string of the molecule is CNc1cccc(C(=O)N2CCN(S(C)(=O)=O)CC2)c1. The molecule has 110 valence electrons. The first-order valence-electron chi connectivity index (χ1n) is 6.44. The van der Waals surface area contributed by atoms with Gasteiger partial charge in [-0.05, 0) is 18.2 Å². The zero-order chi connectivity index (χ0) is 14.8. The van der Waals surface area contributed by atoms with Crippen LogP contribution in [0.4, 0.5) is 5.69 Å². The van der Waals surface area contributed by atoms with Crippen LogP contribution in [0.5, 0.6) is 0 Å². The lowest BCUT2D eigenvalue weighted by atomic mass is 10.1. The second kappa shape index (κ2) is 5.80. The standard InChI is InChI=1S/C13H19N3O3S/c1-14-12-5-3-4-11(10-12)13(17)15-6-8-16(9-7-15)20(2,18)19/h3-5,10,14H,6-9H2,1-2H3. The summed E-state index contributed by atoms with van der Waals surface area (Å²) in [6.45, 7) is 1.57. The van der Waals surface area contributed by atoms with Gasteiger partial charge < -0.3 is 10.2 Å². The van der Waals surface area contributed by atoms with E-state index < -0.39 is 10.0 Å². The minimum Gasteiger partial charge on any atom is -0.388 e. The van der Waals surface area contributed by atoms with Crippen LogP contribution >= 0.6 is 0 Å². The number of rotatable bonds is 3.